The molecule has 0 aliphatic rings. The van der Waals surface area contributed by atoms with E-state index >= 15 is 0 Å². The van der Waals surface area contributed by atoms with E-state index in [0.717, 1.165) is 11.1 Å². The van der Waals surface area contributed by atoms with Crippen molar-refractivity contribution in [2.45, 2.75) is 26.7 Å². The van der Waals surface area contributed by atoms with Crippen LogP contribution in [0, 0.1) is 0 Å². The third kappa shape index (κ3) is 6.37. The van der Waals surface area contributed by atoms with Gasteiger partial charge in [0.2, 0.25) is 0 Å². The Morgan fingerprint density at radius 3 is 2.00 bits per heavy atom. The zero-order valence-electron chi connectivity index (χ0n) is 15.1. The van der Waals surface area contributed by atoms with Crippen molar-refractivity contribution in [2.24, 2.45) is 0 Å². The molecule has 0 atom stereocenters. The molecule has 0 N–H and O–H groups in total. The van der Waals surface area contributed by atoms with Crippen LogP contribution in [0.2, 0.25) is 5.02 Å². The first-order valence-corrected chi connectivity index (χ1v) is 10.8. The quantitative estimate of drug-likeness (QED) is 0.390. The first-order chi connectivity index (χ1) is 12.5. The number of hydrogen-bond donors (Lipinski definition) is 0. The smallest absolute Gasteiger partial charge is 0.309 e. The van der Waals surface area contributed by atoms with Gasteiger partial charge in [-0.25, -0.2) is 0 Å². The lowest BCUT2D eigenvalue weighted by Gasteiger charge is -2.16. The van der Waals surface area contributed by atoms with Crippen LogP contribution >= 0.6 is 19.2 Å². The molecule has 0 amide bonds. The van der Waals surface area contributed by atoms with Crippen LogP contribution in [-0.2, 0) is 26.5 Å². The molecule has 0 saturated carbocycles. The predicted octanol–water partition coefficient (Wildman–Crippen LogP) is 5.57. The van der Waals surface area contributed by atoms with Gasteiger partial charge in [-0.1, -0.05) is 48.0 Å². The molecule has 0 aromatic heterocycles. The summed E-state index contributed by atoms with van der Waals surface area (Å²) in [4.78, 5) is 12.4. The molecular formula is C20H24ClO4P. The summed E-state index contributed by atoms with van der Waals surface area (Å²) < 4.78 is 23.1. The summed E-state index contributed by atoms with van der Waals surface area (Å²) in [5.74, 6) is 0.0492. The van der Waals surface area contributed by atoms with E-state index in [1.807, 2.05) is 24.3 Å². The summed E-state index contributed by atoms with van der Waals surface area (Å²) in [5, 5.41) is 0.655. The molecule has 0 aliphatic carbocycles. The van der Waals surface area contributed by atoms with E-state index in [1.165, 1.54) is 0 Å². The van der Waals surface area contributed by atoms with Crippen molar-refractivity contribution in [1.29, 1.82) is 0 Å². The second-order valence-corrected chi connectivity index (χ2v) is 8.47. The van der Waals surface area contributed by atoms with Gasteiger partial charge in [0.1, 0.15) is 0 Å². The van der Waals surface area contributed by atoms with Crippen molar-refractivity contribution < 1.29 is 18.4 Å². The van der Waals surface area contributed by atoms with Crippen LogP contribution in [0.5, 0.6) is 0 Å². The molecule has 0 bridgehead atoms. The highest BCUT2D eigenvalue weighted by molar-refractivity contribution is 7.53. The second kappa shape index (κ2) is 10.0. The Bertz CT molecular complexity index is 746. The first kappa shape index (κ1) is 20.9. The van der Waals surface area contributed by atoms with Gasteiger partial charge in [0.05, 0.1) is 19.4 Å². The van der Waals surface area contributed by atoms with E-state index in [0.29, 0.717) is 42.8 Å². The van der Waals surface area contributed by atoms with Crippen molar-refractivity contribution in [1.82, 2.24) is 0 Å². The van der Waals surface area contributed by atoms with E-state index in [9.17, 15) is 9.36 Å². The molecule has 0 saturated heterocycles. The Labute approximate surface area is 160 Å². The lowest BCUT2D eigenvalue weighted by molar-refractivity contribution is 0.0993. The number of halogens is 1. The number of hydrogen-bond acceptors (Lipinski definition) is 4. The summed E-state index contributed by atoms with van der Waals surface area (Å²) in [7, 11) is -3.04. The number of benzene rings is 2. The number of aryl methyl sites for hydroxylation is 1. The zero-order valence-corrected chi connectivity index (χ0v) is 16.8. The average molecular weight is 395 g/mol. The minimum absolute atomic E-state index is 0.0492. The van der Waals surface area contributed by atoms with Crippen molar-refractivity contribution in [3.05, 3.63) is 70.2 Å². The minimum Gasteiger partial charge on any atom is -0.309 e. The SMILES string of the molecule is CCOP(=O)(CCc1ccc(C(=O)Cc2ccc(Cl)cc2)cc1)OCC. The van der Waals surface area contributed by atoms with Gasteiger partial charge in [-0.3, -0.25) is 9.36 Å². The normalized spacial score (nSPS) is 11.5. The molecule has 0 fully saturated rings. The Morgan fingerprint density at radius 2 is 1.46 bits per heavy atom. The van der Waals surface area contributed by atoms with Crippen LogP contribution < -0.4 is 0 Å². The highest BCUT2D eigenvalue weighted by Crippen LogP contribution is 2.48. The van der Waals surface area contributed by atoms with E-state index in [-0.39, 0.29) is 5.78 Å². The molecule has 0 spiro atoms. The maximum atomic E-state index is 12.5. The summed E-state index contributed by atoms with van der Waals surface area (Å²) >= 11 is 5.86. The number of carbonyl (C=O) groups is 1. The van der Waals surface area contributed by atoms with Crippen molar-refractivity contribution >= 4 is 25.0 Å². The molecule has 26 heavy (non-hydrogen) atoms. The molecule has 2 aromatic carbocycles. The highest BCUT2D eigenvalue weighted by Gasteiger charge is 2.23. The second-order valence-electron chi connectivity index (χ2n) is 5.84. The number of carbonyl (C=O) groups excluding carboxylic acids is 1. The van der Waals surface area contributed by atoms with Crippen LogP contribution in [0.25, 0.3) is 0 Å². The van der Waals surface area contributed by atoms with Gasteiger partial charge in [0.25, 0.3) is 0 Å². The van der Waals surface area contributed by atoms with Crippen LogP contribution in [0.3, 0.4) is 0 Å². The molecule has 2 aromatic rings. The van der Waals surface area contributed by atoms with E-state index < -0.39 is 7.60 Å². The Hall–Kier alpha value is -1.45. The Kier molecular flexibility index (Phi) is 8.05. The fourth-order valence-electron chi connectivity index (χ4n) is 2.57. The minimum atomic E-state index is -3.04. The standard InChI is InChI=1S/C20H24ClO4P/c1-3-24-26(23,25-4-2)14-13-16-5-9-18(10-6-16)20(22)15-17-7-11-19(21)12-8-17/h5-12H,3-4,13-15H2,1-2H3. The molecular weight excluding hydrogens is 371 g/mol. The van der Waals surface area contributed by atoms with Gasteiger partial charge >= 0.3 is 7.60 Å². The third-order valence-electron chi connectivity index (χ3n) is 3.88. The third-order valence-corrected chi connectivity index (χ3v) is 6.21. The molecule has 6 heteroatoms. The Morgan fingerprint density at radius 1 is 0.923 bits per heavy atom. The van der Waals surface area contributed by atoms with Gasteiger partial charge in [0.15, 0.2) is 5.78 Å². The van der Waals surface area contributed by atoms with Gasteiger partial charge in [-0.05, 0) is 43.5 Å². The molecule has 0 unspecified atom stereocenters. The first-order valence-electron chi connectivity index (χ1n) is 8.70. The molecule has 4 nitrogen and oxygen atoms in total. The van der Waals surface area contributed by atoms with Crippen LogP contribution in [-0.4, -0.2) is 25.2 Å². The van der Waals surface area contributed by atoms with Crippen LogP contribution in [0.15, 0.2) is 48.5 Å². The van der Waals surface area contributed by atoms with Crippen molar-refractivity contribution in [3.8, 4) is 0 Å². The maximum absolute atomic E-state index is 12.5. The van der Waals surface area contributed by atoms with Gasteiger partial charge in [-0.15, -0.1) is 0 Å². The summed E-state index contributed by atoms with van der Waals surface area (Å²) in [6.45, 7) is 4.31. The number of Topliss-reactive ketones (excluding diaryl/α,β-unsaturated/α-hetero) is 1. The predicted molar refractivity (Wildman–Crippen MR) is 105 cm³/mol. The van der Waals surface area contributed by atoms with E-state index in [2.05, 4.69) is 0 Å². The lowest BCUT2D eigenvalue weighted by Crippen LogP contribution is -2.05. The summed E-state index contributed by atoms with van der Waals surface area (Å²) in [6.07, 6.45) is 1.23. The zero-order chi connectivity index (χ0) is 19.0. The monoisotopic (exact) mass is 394 g/mol. The Balaban J connectivity index is 1.95. The van der Waals surface area contributed by atoms with Gasteiger partial charge in [0, 0.05) is 17.0 Å². The fourth-order valence-corrected chi connectivity index (χ4v) is 4.35. The molecule has 2 rings (SSSR count). The fraction of sp³-hybridized carbons (Fsp3) is 0.350. The molecule has 0 radical (unpaired) electrons. The maximum Gasteiger partial charge on any atom is 0.330 e. The van der Waals surface area contributed by atoms with Crippen LogP contribution in [0.4, 0.5) is 0 Å². The lowest BCUT2D eigenvalue weighted by atomic mass is 10.0. The highest BCUT2D eigenvalue weighted by atomic mass is 35.5. The van der Waals surface area contributed by atoms with Gasteiger partial charge < -0.3 is 9.05 Å². The summed E-state index contributed by atoms with van der Waals surface area (Å²) in [5.41, 5.74) is 2.58. The van der Waals surface area contributed by atoms with E-state index in [4.69, 9.17) is 20.6 Å². The van der Waals surface area contributed by atoms with Gasteiger partial charge in [-0.2, -0.15) is 0 Å². The topological polar surface area (TPSA) is 52.6 Å². The molecule has 140 valence electrons. The van der Waals surface area contributed by atoms with E-state index in [1.54, 1.807) is 38.1 Å². The number of ketones is 1. The van der Waals surface area contributed by atoms with Crippen molar-refractivity contribution in [2.75, 3.05) is 19.4 Å². The molecule has 0 aliphatic heterocycles. The molecule has 0 heterocycles. The van der Waals surface area contributed by atoms with Crippen LogP contribution in [0.1, 0.15) is 35.3 Å². The average Bonchev–Trinajstić information content (AvgIpc) is 2.63. The van der Waals surface area contributed by atoms with Crippen molar-refractivity contribution in [3.63, 3.8) is 0 Å². The number of rotatable bonds is 10. The largest absolute Gasteiger partial charge is 0.330 e. The summed E-state index contributed by atoms with van der Waals surface area (Å²) in [6, 6.07) is 14.7.